The number of nitrogens with one attached hydrogen (secondary N) is 1. The number of hydrogen-bond donors (Lipinski definition) is 1. The van der Waals surface area contributed by atoms with E-state index in [9.17, 15) is 23.3 Å². The fourth-order valence-corrected chi connectivity index (χ4v) is 4.10. The lowest BCUT2D eigenvalue weighted by atomic mass is 10.1. The summed E-state index contributed by atoms with van der Waals surface area (Å²) in [5, 5.41) is 13.9. The SMILES string of the molecule is Cc1ccccc1OCCNC(=O)CCCN(c1cccc([N+](=O)[O-])c1C)S(C)(=O)=O. The van der Waals surface area contributed by atoms with Gasteiger partial charge in [-0.2, -0.15) is 0 Å². The number of amides is 1. The molecule has 0 spiro atoms. The molecule has 9 nitrogen and oxygen atoms in total. The summed E-state index contributed by atoms with van der Waals surface area (Å²) in [7, 11) is -3.68. The molecule has 1 amide bonds. The third-order valence-electron chi connectivity index (χ3n) is 4.68. The first-order valence-corrected chi connectivity index (χ1v) is 11.6. The standard InChI is InChI=1S/C21H27N3O6S/c1-16-8-4-5-11-20(16)30-15-13-22-21(25)12-7-14-23(31(3,28)29)18-9-6-10-19(17(18)2)24(26)27/h4-6,8-11H,7,12-15H2,1-3H3,(H,22,25). The van der Waals surface area contributed by atoms with Crippen molar-refractivity contribution in [2.24, 2.45) is 0 Å². The van der Waals surface area contributed by atoms with Crippen LogP contribution in [-0.4, -0.2) is 45.2 Å². The van der Waals surface area contributed by atoms with E-state index in [1.165, 1.54) is 25.1 Å². The van der Waals surface area contributed by atoms with Crippen molar-refractivity contribution in [1.82, 2.24) is 5.32 Å². The van der Waals surface area contributed by atoms with Crippen molar-refractivity contribution in [3.63, 3.8) is 0 Å². The number of ether oxygens (including phenoxy) is 1. The lowest BCUT2D eigenvalue weighted by Crippen LogP contribution is -2.33. The average molecular weight is 450 g/mol. The Morgan fingerprint density at radius 1 is 1.16 bits per heavy atom. The van der Waals surface area contributed by atoms with Gasteiger partial charge in [-0.15, -0.1) is 0 Å². The van der Waals surface area contributed by atoms with Crippen LogP contribution < -0.4 is 14.4 Å². The van der Waals surface area contributed by atoms with Crippen LogP contribution in [0.25, 0.3) is 0 Å². The maximum Gasteiger partial charge on any atom is 0.274 e. The van der Waals surface area contributed by atoms with Crippen LogP contribution in [0.5, 0.6) is 5.75 Å². The number of carbonyl (C=O) groups is 1. The molecule has 0 heterocycles. The number of nitrogens with zero attached hydrogens (tertiary/aromatic N) is 2. The van der Waals surface area contributed by atoms with Gasteiger partial charge in [-0.25, -0.2) is 8.42 Å². The van der Waals surface area contributed by atoms with E-state index in [-0.39, 0.29) is 42.2 Å². The highest BCUT2D eigenvalue weighted by molar-refractivity contribution is 7.92. The van der Waals surface area contributed by atoms with Gasteiger partial charge in [-0.05, 0) is 38.0 Å². The van der Waals surface area contributed by atoms with Gasteiger partial charge in [0, 0.05) is 19.0 Å². The summed E-state index contributed by atoms with van der Waals surface area (Å²) in [5.41, 5.74) is 1.35. The number of aryl methyl sites for hydroxylation is 1. The molecule has 0 aliphatic heterocycles. The van der Waals surface area contributed by atoms with Gasteiger partial charge in [-0.3, -0.25) is 19.2 Å². The van der Waals surface area contributed by atoms with Crippen molar-refractivity contribution in [1.29, 1.82) is 0 Å². The number of benzene rings is 2. The van der Waals surface area contributed by atoms with Crippen molar-refractivity contribution in [3.8, 4) is 5.75 Å². The predicted molar refractivity (Wildman–Crippen MR) is 119 cm³/mol. The molecule has 0 radical (unpaired) electrons. The van der Waals surface area contributed by atoms with Crippen LogP contribution in [0.3, 0.4) is 0 Å². The van der Waals surface area contributed by atoms with E-state index in [0.717, 1.165) is 21.9 Å². The normalized spacial score (nSPS) is 11.1. The molecule has 168 valence electrons. The molecule has 0 saturated heterocycles. The number of carbonyl (C=O) groups excluding carboxylic acids is 1. The van der Waals surface area contributed by atoms with Gasteiger partial charge in [-0.1, -0.05) is 24.3 Å². The third kappa shape index (κ3) is 6.95. The maximum absolute atomic E-state index is 12.3. The molecule has 2 rings (SSSR count). The van der Waals surface area contributed by atoms with E-state index in [1.54, 1.807) is 0 Å². The Hall–Kier alpha value is -3.14. The molecule has 0 aliphatic rings. The number of para-hydroxylation sites is 1. The van der Waals surface area contributed by atoms with Crippen LogP contribution in [0.1, 0.15) is 24.0 Å². The number of anilines is 1. The molecule has 0 atom stereocenters. The van der Waals surface area contributed by atoms with E-state index < -0.39 is 14.9 Å². The summed E-state index contributed by atoms with van der Waals surface area (Å²) in [5.74, 6) is 0.533. The van der Waals surface area contributed by atoms with Gasteiger partial charge >= 0.3 is 0 Å². The molecule has 0 aliphatic carbocycles. The highest BCUT2D eigenvalue weighted by atomic mass is 32.2. The van der Waals surface area contributed by atoms with Gasteiger partial charge in [0.1, 0.15) is 12.4 Å². The van der Waals surface area contributed by atoms with Crippen molar-refractivity contribution in [2.45, 2.75) is 26.7 Å². The lowest BCUT2D eigenvalue weighted by Gasteiger charge is -2.24. The fraction of sp³-hybridized carbons (Fsp3) is 0.381. The van der Waals surface area contributed by atoms with Crippen LogP contribution >= 0.6 is 0 Å². The summed E-state index contributed by atoms with van der Waals surface area (Å²) in [4.78, 5) is 22.7. The number of nitro benzene ring substituents is 1. The predicted octanol–water partition coefficient (Wildman–Crippen LogP) is 2.95. The minimum absolute atomic E-state index is 0.0357. The second kappa shape index (κ2) is 10.8. The van der Waals surface area contributed by atoms with Gasteiger partial charge in [0.15, 0.2) is 0 Å². The zero-order valence-electron chi connectivity index (χ0n) is 17.8. The molecule has 2 aromatic rings. The highest BCUT2D eigenvalue weighted by Gasteiger charge is 2.23. The van der Waals surface area contributed by atoms with Crippen LogP contribution in [-0.2, 0) is 14.8 Å². The summed E-state index contributed by atoms with van der Waals surface area (Å²) >= 11 is 0. The Kier molecular flexibility index (Phi) is 8.38. The van der Waals surface area contributed by atoms with Gasteiger partial charge in [0.2, 0.25) is 15.9 Å². The molecule has 0 unspecified atom stereocenters. The first kappa shape index (κ1) is 24.1. The molecule has 0 bridgehead atoms. The second-order valence-corrected chi connectivity index (χ2v) is 8.99. The van der Waals surface area contributed by atoms with E-state index >= 15 is 0 Å². The van der Waals surface area contributed by atoms with E-state index in [1.807, 2.05) is 31.2 Å². The molecule has 0 fully saturated rings. The number of nitro groups is 1. The molecule has 0 aromatic heterocycles. The second-order valence-electron chi connectivity index (χ2n) is 7.08. The Bertz CT molecular complexity index is 1040. The van der Waals surface area contributed by atoms with Crippen molar-refractivity contribution in [3.05, 3.63) is 63.7 Å². The summed E-state index contributed by atoms with van der Waals surface area (Å²) in [6.45, 7) is 4.12. The minimum atomic E-state index is -3.68. The van der Waals surface area contributed by atoms with Crippen molar-refractivity contribution < 1.29 is 22.9 Å². The average Bonchev–Trinajstić information content (AvgIpc) is 2.69. The van der Waals surface area contributed by atoms with E-state index in [0.29, 0.717) is 13.2 Å². The summed E-state index contributed by atoms with van der Waals surface area (Å²) < 4.78 is 31.2. The lowest BCUT2D eigenvalue weighted by molar-refractivity contribution is -0.385. The molecular formula is C21H27N3O6S. The maximum atomic E-state index is 12.3. The summed E-state index contributed by atoms with van der Waals surface area (Å²) in [6.07, 6.45) is 1.41. The smallest absolute Gasteiger partial charge is 0.274 e. The molecule has 2 aromatic carbocycles. The number of rotatable bonds is 11. The van der Waals surface area contributed by atoms with Crippen LogP contribution in [0.15, 0.2) is 42.5 Å². The largest absolute Gasteiger partial charge is 0.491 e. The zero-order valence-corrected chi connectivity index (χ0v) is 18.6. The molecule has 0 saturated carbocycles. The van der Waals surface area contributed by atoms with Gasteiger partial charge < -0.3 is 10.1 Å². The van der Waals surface area contributed by atoms with E-state index in [2.05, 4.69) is 5.32 Å². The molecule has 31 heavy (non-hydrogen) atoms. The van der Waals surface area contributed by atoms with Crippen LogP contribution in [0.2, 0.25) is 0 Å². The van der Waals surface area contributed by atoms with Crippen LogP contribution in [0.4, 0.5) is 11.4 Å². The fourth-order valence-electron chi connectivity index (χ4n) is 3.09. The third-order valence-corrected chi connectivity index (χ3v) is 5.86. The van der Waals surface area contributed by atoms with Gasteiger partial charge in [0.05, 0.1) is 29.0 Å². The Morgan fingerprint density at radius 2 is 1.87 bits per heavy atom. The van der Waals surface area contributed by atoms with Crippen molar-refractivity contribution >= 4 is 27.3 Å². The first-order chi connectivity index (χ1) is 14.6. The highest BCUT2D eigenvalue weighted by Crippen LogP contribution is 2.30. The minimum Gasteiger partial charge on any atom is -0.491 e. The quantitative estimate of drug-likeness (QED) is 0.320. The Labute approximate surface area is 182 Å². The topological polar surface area (TPSA) is 119 Å². The molecule has 1 N–H and O–H groups in total. The summed E-state index contributed by atoms with van der Waals surface area (Å²) in [6, 6.07) is 11.9. The van der Waals surface area contributed by atoms with Gasteiger partial charge in [0.25, 0.3) is 5.69 Å². The monoisotopic (exact) mass is 449 g/mol. The Balaban J connectivity index is 1.88. The molecule has 10 heteroatoms. The van der Waals surface area contributed by atoms with Crippen molar-refractivity contribution in [2.75, 3.05) is 30.3 Å². The molecular weight excluding hydrogens is 422 g/mol. The zero-order chi connectivity index (χ0) is 23.0. The van der Waals surface area contributed by atoms with E-state index in [4.69, 9.17) is 4.74 Å². The first-order valence-electron chi connectivity index (χ1n) is 9.78. The number of hydrogen-bond acceptors (Lipinski definition) is 6. The van der Waals surface area contributed by atoms with Crippen LogP contribution in [0, 0.1) is 24.0 Å². The Morgan fingerprint density at radius 3 is 2.52 bits per heavy atom. The number of sulfonamides is 1.